The van der Waals surface area contributed by atoms with Crippen molar-refractivity contribution in [3.8, 4) is 5.75 Å². The summed E-state index contributed by atoms with van der Waals surface area (Å²) >= 11 is 13.6. The minimum absolute atomic E-state index is 0.0516. The quantitative estimate of drug-likeness (QED) is 0.191. The smallest absolute Gasteiger partial charge is 0.336 e. The van der Waals surface area contributed by atoms with Crippen LogP contribution in [-0.2, 0) is 36.8 Å². The fourth-order valence-electron chi connectivity index (χ4n) is 6.83. The van der Waals surface area contributed by atoms with Crippen LogP contribution < -0.4 is 4.74 Å². The molecule has 0 radical (unpaired) electrons. The Bertz CT molecular complexity index is 1780. The van der Waals surface area contributed by atoms with Gasteiger partial charge in [0.05, 0.1) is 39.0 Å². The van der Waals surface area contributed by atoms with E-state index in [1.54, 1.807) is 42.6 Å². The summed E-state index contributed by atoms with van der Waals surface area (Å²) in [5, 5.41) is 0.512. The van der Waals surface area contributed by atoms with Crippen LogP contribution in [0.1, 0.15) is 60.8 Å². The summed E-state index contributed by atoms with van der Waals surface area (Å²) in [6, 6.07) is 15.0. The first kappa shape index (κ1) is 38.0. The molecule has 1 aromatic heterocycles. The molecule has 2 atom stereocenters. The van der Waals surface area contributed by atoms with E-state index in [1.165, 1.54) is 14.2 Å². The maximum Gasteiger partial charge on any atom is 0.336 e. The van der Waals surface area contributed by atoms with Crippen molar-refractivity contribution >= 4 is 46.8 Å². The van der Waals surface area contributed by atoms with Gasteiger partial charge < -0.3 is 19.1 Å². The minimum Gasteiger partial charge on any atom is -0.496 e. The Morgan fingerprint density at radius 3 is 2.20 bits per heavy atom. The molecule has 3 heterocycles. The molecule has 12 heteroatoms. The number of carbonyl (C=O) groups excluding carboxylic acids is 3. The molecule has 3 aromatic rings. The molecular formula is C39H44Cl2N4O6. The highest BCUT2D eigenvalue weighted by molar-refractivity contribution is 6.36. The molecule has 2 aliphatic heterocycles. The highest BCUT2D eigenvalue weighted by atomic mass is 35.5. The molecule has 0 spiro atoms. The number of carbonyl (C=O) groups is 3. The molecule has 1 amide bonds. The molecule has 2 aliphatic rings. The SMILES string of the molecule is COC(=O)C1=C(CC(=O)N2CCN(Cc3ccncc3)CC2)N=C(CCc2cc(C(C)C)ccc2OC)C(C(=O)OC)C1c1c(Cl)cccc1Cl. The van der Waals surface area contributed by atoms with Crippen molar-refractivity contribution in [2.24, 2.45) is 10.9 Å². The largest absolute Gasteiger partial charge is 0.496 e. The van der Waals surface area contributed by atoms with Gasteiger partial charge in [0.1, 0.15) is 11.7 Å². The summed E-state index contributed by atoms with van der Waals surface area (Å²) in [4.78, 5) is 54.6. The summed E-state index contributed by atoms with van der Waals surface area (Å²) in [5.74, 6) is -2.64. The van der Waals surface area contributed by atoms with Crippen LogP contribution in [0.25, 0.3) is 0 Å². The third kappa shape index (κ3) is 8.80. The van der Waals surface area contributed by atoms with E-state index in [0.29, 0.717) is 56.0 Å². The fourth-order valence-corrected chi connectivity index (χ4v) is 7.47. The lowest BCUT2D eigenvalue weighted by Gasteiger charge is -2.36. The lowest BCUT2D eigenvalue weighted by molar-refractivity contribution is -0.143. The van der Waals surface area contributed by atoms with Gasteiger partial charge in [-0.15, -0.1) is 0 Å². The number of hydrogen-bond acceptors (Lipinski definition) is 9. The maximum atomic E-state index is 14.0. The van der Waals surface area contributed by atoms with Crippen LogP contribution in [0, 0.1) is 5.92 Å². The van der Waals surface area contributed by atoms with Crippen LogP contribution in [0.5, 0.6) is 5.75 Å². The Kier molecular flexibility index (Phi) is 12.9. The van der Waals surface area contributed by atoms with Crippen molar-refractivity contribution < 1.29 is 28.6 Å². The van der Waals surface area contributed by atoms with Crippen LogP contribution in [0.2, 0.25) is 10.0 Å². The van der Waals surface area contributed by atoms with Crippen LogP contribution in [0.4, 0.5) is 0 Å². The summed E-state index contributed by atoms with van der Waals surface area (Å²) in [7, 11) is 4.16. The number of aliphatic imine (C=N–C) groups is 1. The van der Waals surface area contributed by atoms with Crippen LogP contribution in [0.3, 0.4) is 0 Å². The molecule has 0 bridgehead atoms. The van der Waals surface area contributed by atoms with Crippen molar-refractivity contribution in [3.63, 3.8) is 0 Å². The topological polar surface area (TPSA) is 111 Å². The number of aromatic nitrogens is 1. The normalized spacial score (nSPS) is 18.0. The van der Waals surface area contributed by atoms with Crippen molar-refractivity contribution in [3.05, 3.63) is 104 Å². The van der Waals surface area contributed by atoms with Gasteiger partial charge in [-0.05, 0) is 71.3 Å². The van der Waals surface area contributed by atoms with E-state index >= 15 is 0 Å². The average molecular weight is 736 g/mol. The molecule has 1 saturated heterocycles. The molecular weight excluding hydrogens is 691 g/mol. The zero-order valence-electron chi connectivity index (χ0n) is 29.7. The number of hydrogen-bond donors (Lipinski definition) is 0. The number of aryl methyl sites for hydroxylation is 1. The highest BCUT2D eigenvalue weighted by Gasteiger charge is 2.46. The Morgan fingerprint density at radius 1 is 0.902 bits per heavy atom. The molecule has 0 N–H and O–H groups in total. The Morgan fingerprint density at radius 2 is 1.59 bits per heavy atom. The van der Waals surface area contributed by atoms with Crippen LogP contribution >= 0.6 is 23.2 Å². The van der Waals surface area contributed by atoms with E-state index in [-0.39, 0.29) is 39.6 Å². The van der Waals surface area contributed by atoms with Crippen molar-refractivity contribution in [2.45, 2.75) is 51.5 Å². The maximum absolute atomic E-state index is 14.0. The highest BCUT2D eigenvalue weighted by Crippen LogP contribution is 2.46. The number of esters is 2. The monoisotopic (exact) mass is 734 g/mol. The summed E-state index contributed by atoms with van der Waals surface area (Å²) in [6.45, 7) is 7.39. The molecule has 2 unspecified atom stereocenters. The average Bonchev–Trinajstić information content (AvgIpc) is 3.13. The molecule has 51 heavy (non-hydrogen) atoms. The zero-order chi connectivity index (χ0) is 36.7. The summed E-state index contributed by atoms with van der Waals surface area (Å²) < 4.78 is 16.3. The first-order valence-electron chi connectivity index (χ1n) is 17.0. The lowest BCUT2D eigenvalue weighted by Crippen LogP contribution is -2.48. The lowest BCUT2D eigenvalue weighted by atomic mass is 9.73. The molecule has 270 valence electrons. The Hall–Kier alpha value is -4.25. The molecule has 1 fully saturated rings. The number of amides is 1. The second kappa shape index (κ2) is 17.3. The molecule has 0 saturated carbocycles. The van der Waals surface area contributed by atoms with Crippen molar-refractivity contribution in [1.29, 1.82) is 0 Å². The van der Waals surface area contributed by atoms with Crippen molar-refractivity contribution in [1.82, 2.24) is 14.8 Å². The predicted octanol–water partition coefficient (Wildman–Crippen LogP) is 6.64. The number of piperazine rings is 1. The Balaban J connectivity index is 1.54. The number of benzene rings is 2. The second-order valence-corrected chi connectivity index (χ2v) is 13.8. The van der Waals surface area contributed by atoms with E-state index < -0.39 is 23.8 Å². The summed E-state index contributed by atoms with van der Waals surface area (Å²) in [6.07, 6.45) is 4.13. The van der Waals surface area contributed by atoms with E-state index in [2.05, 4.69) is 29.8 Å². The minimum atomic E-state index is -1.07. The number of rotatable bonds is 12. The van der Waals surface area contributed by atoms with Crippen molar-refractivity contribution in [2.75, 3.05) is 47.5 Å². The van der Waals surface area contributed by atoms with E-state index in [0.717, 1.165) is 23.2 Å². The number of ether oxygens (including phenoxy) is 3. The van der Waals surface area contributed by atoms with Gasteiger partial charge in [0, 0.05) is 66.8 Å². The number of halogens is 2. The zero-order valence-corrected chi connectivity index (χ0v) is 31.2. The van der Waals surface area contributed by atoms with Gasteiger partial charge >= 0.3 is 11.9 Å². The van der Waals surface area contributed by atoms with Gasteiger partial charge in [0.25, 0.3) is 0 Å². The van der Waals surface area contributed by atoms with E-state index in [4.69, 9.17) is 42.4 Å². The van der Waals surface area contributed by atoms with Crippen LogP contribution in [-0.4, -0.2) is 85.8 Å². The molecule has 2 aromatic carbocycles. The van der Waals surface area contributed by atoms with Gasteiger partial charge in [0.2, 0.25) is 5.91 Å². The first-order valence-corrected chi connectivity index (χ1v) is 17.8. The number of pyridine rings is 1. The van der Waals surface area contributed by atoms with Crippen LogP contribution in [0.15, 0.2) is 77.2 Å². The van der Waals surface area contributed by atoms with Gasteiger partial charge in [0.15, 0.2) is 0 Å². The van der Waals surface area contributed by atoms with Gasteiger partial charge in [-0.2, -0.15) is 0 Å². The Labute approximate surface area is 309 Å². The fraction of sp³-hybridized carbons (Fsp3) is 0.410. The predicted molar refractivity (Wildman–Crippen MR) is 197 cm³/mol. The first-order chi connectivity index (χ1) is 24.6. The van der Waals surface area contributed by atoms with Gasteiger partial charge in [-0.25, -0.2) is 4.79 Å². The molecule has 0 aliphatic carbocycles. The third-order valence-corrected chi connectivity index (χ3v) is 10.2. The second-order valence-electron chi connectivity index (χ2n) is 13.0. The summed E-state index contributed by atoms with van der Waals surface area (Å²) in [5.41, 5.74) is 4.30. The van der Waals surface area contributed by atoms with E-state index in [9.17, 15) is 14.4 Å². The number of methoxy groups -OCH3 is 3. The molecule has 5 rings (SSSR count). The van der Waals surface area contributed by atoms with E-state index in [1.807, 2.05) is 24.3 Å². The standard InChI is InChI=1S/C39H44Cl2N4O6/c1-24(2)26-10-12-32(49-3)27(21-26)9-11-30-35(38(47)50-4)37(34-28(40)7-6-8-29(34)41)36(39(48)51-5)31(43-30)22-33(46)45-19-17-44(18-20-45)23-25-13-15-42-16-14-25/h6-8,10,12-16,21,24,35,37H,9,11,17-20,22-23H2,1-5H3. The molecule has 10 nitrogen and oxygen atoms in total. The van der Waals surface area contributed by atoms with Gasteiger partial charge in [-0.3, -0.25) is 24.5 Å². The number of nitrogens with zero attached hydrogens (tertiary/aromatic N) is 4. The third-order valence-electron chi connectivity index (χ3n) is 9.58. The van der Waals surface area contributed by atoms with Gasteiger partial charge in [-0.1, -0.05) is 55.2 Å².